The SMILES string of the molecule is N=C(C(=O)c1ccc(F)cc1)c1ccccc1S(=O)(=O)N1CCS(=O)(=O)CC1. The second-order valence-electron chi connectivity index (χ2n) is 6.26. The van der Waals surface area contributed by atoms with E-state index in [0.29, 0.717) is 0 Å². The van der Waals surface area contributed by atoms with Crippen LogP contribution in [-0.2, 0) is 19.9 Å². The van der Waals surface area contributed by atoms with Crippen molar-refractivity contribution in [1.82, 2.24) is 4.31 Å². The van der Waals surface area contributed by atoms with Crippen LogP contribution >= 0.6 is 0 Å². The highest BCUT2D eigenvalue weighted by molar-refractivity contribution is 7.92. The standard InChI is InChI=1S/C18H17FN2O5S2/c19-14-7-5-13(6-8-14)18(22)17(20)15-3-1-2-4-16(15)28(25,26)21-9-11-27(23,24)12-10-21/h1-8,20H,9-12H2. The van der Waals surface area contributed by atoms with Crippen molar-refractivity contribution in [2.24, 2.45) is 0 Å². The van der Waals surface area contributed by atoms with Gasteiger partial charge in [0.1, 0.15) is 11.5 Å². The van der Waals surface area contributed by atoms with Crippen LogP contribution in [0.5, 0.6) is 0 Å². The van der Waals surface area contributed by atoms with Crippen LogP contribution < -0.4 is 0 Å². The van der Waals surface area contributed by atoms with Gasteiger partial charge >= 0.3 is 0 Å². The fraction of sp³-hybridized carbons (Fsp3) is 0.222. The molecule has 0 amide bonds. The highest BCUT2D eigenvalue weighted by Crippen LogP contribution is 2.23. The van der Waals surface area contributed by atoms with E-state index >= 15 is 0 Å². The van der Waals surface area contributed by atoms with Crippen molar-refractivity contribution in [2.75, 3.05) is 24.6 Å². The summed E-state index contributed by atoms with van der Waals surface area (Å²) < 4.78 is 63.3. The Morgan fingerprint density at radius 2 is 1.57 bits per heavy atom. The number of sulfone groups is 1. The first kappa shape index (κ1) is 20.3. The molecule has 0 aliphatic carbocycles. The van der Waals surface area contributed by atoms with E-state index in [4.69, 9.17) is 5.41 Å². The molecule has 0 radical (unpaired) electrons. The minimum Gasteiger partial charge on any atom is -0.296 e. The predicted molar refractivity (Wildman–Crippen MR) is 101 cm³/mol. The van der Waals surface area contributed by atoms with Crippen LogP contribution in [0, 0.1) is 11.2 Å². The molecule has 0 atom stereocenters. The molecule has 0 saturated carbocycles. The molecule has 10 heteroatoms. The van der Waals surface area contributed by atoms with E-state index in [1.807, 2.05) is 0 Å². The van der Waals surface area contributed by atoms with E-state index in [1.165, 1.54) is 36.4 Å². The average molecular weight is 424 g/mol. The van der Waals surface area contributed by atoms with E-state index in [0.717, 1.165) is 16.4 Å². The summed E-state index contributed by atoms with van der Waals surface area (Å²) >= 11 is 0. The van der Waals surface area contributed by atoms with Gasteiger partial charge in [-0.1, -0.05) is 18.2 Å². The zero-order valence-electron chi connectivity index (χ0n) is 14.6. The van der Waals surface area contributed by atoms with Gasteiger partial charge < -0.3 is 0 Å². The number of carbonyl (C=O) groups excluding carboxylic acids is 1. The number of rotatable bonds is 5. The van der Waals surface area contributed by atoms with Crippen molar-refractivity contribution in [3.8, 4) is 0 Å². The predicted octanol–water partition coefficient (Wildman–Crippen LogP) is 1.50. The number of ketones is 1. The third-order valence-corrected chi connectivity index (χ3v) is 7.98. The van der Waals surface area contributed by atoms with Gasteiger partial charge in [0.05, 0.1) is 16.4 Å². The smallest absolute Gasteiger partial charge is 0.243 e. The number of nitrogens with one attached hydrogen (secondary N) is 1. The molecule has 1 heterocycles. The molecule has 1 fully saturated rings. The molecule has 3 rings (SSSR count). The van der Waals surface area contributed by atoms with E-state index in [9.17, 15) is 26.0 Å². The second-order valence-corrected chi connectivity index (χ2v) is 10.5. The summed E-state index contributed by atoms with van der Waals surface area (Å²) in [7, 11) is -7.37. The van der Waals surface area contributed by atoms with E-state index in [-0.39, 0.29) is 40.6 Å². The summed E-state index contributed by atoms with van der Waals surface area (Å²) in [4.78, 5) is 12.3. The number of hydrogen-bond acceptors (Lipinski definition) is 6. The van der Waals surface area contributed by atoms with Gasteiger partial charge in [-0.15, -0.1) is 0 Å². The Kier molecular flexibility index (Phi) is 5.46. The Morgan fingerprint density at radius 1 is 1.00 bits per heavy atom. The molecular formula is C18H17FN2O5S2. The van der Waals surface area contributed by atoms with Gasteiger partial charge in [0.2, 0.25) is 15.8 Å². The molecule has 28 heavy (non-hydrogen) atoms. The van der Waals surface area contributed by atoms with Gasteiger partial charge in [0.25, 0.3) is 0 Å². The topological polar surface area (TPSA) is 112 Å². The first-order chi connectivity index (χ1) is 13.1. The van der Waals surface area contributed by atoms with E-state index < -0.39 is 37.2 Å². The summed E-state index contributed by atoms with van der Waals surface area (Å²) in [6, 6.07) is 10.2. The lowest BCUT2D eigenvalue weighted by atomic mass is 10.0. The summed E-state index contributed by atoms with van der Waals surface area (Å²) in [5, 5.41) is 8.20. The van der Waals surface area contributed by atoms with Gasteiger partial charge in [-0.25, -0.2) is 21.2 Å². The van der Waals surface area contributed by atoms with Gasteiger partial charge in [-0.05, 0) is 30.3 Å². The summed E-state index contributed by atoms with van der Waals surface area (Å²) in [5.41, 5.74) is -0.580. The van der Waals surface area contributed by atoms with Gasteiger partial charge in [-0.2, -0.15) is 4.31 Å². The number of sulfonamides is 1. The zero-order valence-corrected chi connectivity index (χ0v) is 16.3. The number of hydrogen-bond donors (Lipinski definition) is 1. The maximum Gasteiger partial charge on any atom is 0.243 e. The number of nitrogens with zero attached hydrogens (tertiary/aromatic N) is 1. The van der Waals surface area contributed by atoms with Crippen molar-refractivity contribution in [1.29, 1.82) is 5.41 Å². The molecule has 2 aromatic carbocycles. The van der Waals surface area contributed by atoms with Crippen LogP contribution in [0.2, 0.25) is 0 Å². The molecular weight excluding hydrogens is 407 g/mol. The summed E-state index contributed by atoms with van der Waals surface area (Å²) in [6.07, 6.45) is 0. The number of carbonyl (C=O) groups is 1. The van der Waals surface area contributed by atoms with Crippen molar-refractivity contribution in [3.63, 3.8) is 0 Å². The summed E-state index contributed by atoms with van der Waals surface area (Å²) in [6.45, 7) is -0.365. The van der Waals surface area contributed by atoms with Crippen molar-refractivity contribution >= 4 is 31.4 Å². The summed E-state index contributed by atoms with van der Waals surface area (Å²) in [5.74, 6) is -1.84. The Labute approximate surface area is 162 Å². The third kappa shape index (κ3) is 4.03. The van der Waals surface area contributed by atoms with E-state index in [1.54, 1.807) is 0 Å². The molecule has 2 aromatic rings. The first-order valence-electron chi connectivity index (χ1n) is 8.30. The fourth-order valence-electron chi connectivity index (χ4n) is 2.84. The highest BCUT2D eigenvalue weighted by atomic mass is 32.2. The molecule has 7 nitrogen and oxygen atoms in total. The molecule has 1 aliphatic heterocycles. The Balaban J connectivity index is 1.95. The molecule has 1 N–H and O–H groups in total. The minimum absolute atomic E-state index is 0.0580. The molecule has 1 aliphatic rings. The van der Waals surface area contributed by atoms with Crippen LogP contribution in [0.3, 0.4) is 0 Å². The Hall–Kier alpha value is -2.43. The molecule has 148 valence electrons. The zero-order chi connectivity index (χ0) is 20.5. The maximum atomic E-state index is 13.1. The van der Waals surface area contributed by atoms with E-state index in [2.05, 4.69) is 0 Å². The van der Waals surface area contributed by atoms with Crippen LogP contribution in [0.4, 0.5) is 4.39 Å². The molecule has 0 unspecified atom stereocenters. The normalized spacial score (nSPS) is 17.2. The molecule has 1 saturated heterocycles. The van der Waals surface area contributed by atoms with Crippen LogP contribution in [0.25, 0.3) is 0 Å². The lowest BCUT2D eigenvalue weighted by Gasteiger charge is -2.26. The van der Waals surface area contributed by atoms with Crippen molar-refractivity contribution < 1.29 is 26.0 Å². The first-order valence-corrected chi connectivity index (χ1v) is 11.6. The largest absolute Gasteiger partial charge is 0.296 e. The highest BCUT2D eigenvalue weighted by Gasteiger charge is 2.33. The van der Waals surface area contributed by atoms with Gasteiger partial charge in [0.15, 0.2) is 9.84 Å². The maximum absolute atomic E-state index is 13.1. The van der Waals surface area contributed by atoms with Crippen molar-refractivity contribution in [3.05, 3.63) is 65.5 Å². The quantitative estimate of drug-likeness (QED) is 0.577. The third-order valence-electron chi connectivity index (χ3n) is 4.41. The fourth-order valence-corrected chi connectivity index (χ4v) is 5.91. The van der Waals surface area contributed by atoms with Gasteiger partial charge in [-0.3, -0.25) is 10.2 Å². The number of Topliss-reactive ketones (excluding diaryl/α,β-unsaturated/α-hetero) is 1. The Morgan fingerprint density at radius 3 is 2.18 bits per heavy atom. The van der Waals surface area contributed by atoms with Gasteiger partial charge in [0, 0.05) is 24.2 Å². The second kappa shape index (κ2) is 7.53. The number of halogens is 1. The molecule has 0 bridgehead atoms. The lowest BCUT2D eigenvalue weighted by Crippen LogP contribution is -2.44. The van der Waals surface area contributed by atoms with Crippen molar-refractivity contribution in [2.45, 2.75) is 4.90 Å². The van der Waals surface area contributed by atoms with Crippen LogP contribution in [0.15, 0.2) is 53.4 Å². The van der Waals surface area contributed by atoms with Crippen LogP contribution in [0.1, 0.15) is 15.9 Å². The average Bonchev–Trinajstić information content (AvgIpc) is 2.67. The molecule has 0 spiro atoms. The molecule has 0 aromatic heterocycles. The number of benzene rings is 2. The monoisotopic (exact) mass is 424 g/mol. The minimum atomic E-state index is -4.09. The lowest BCUT2D eigenvalue weighted by molar-refractivity contribution is 0.106. The van der Waals surface area contributed by atoms with Crippen LogP contribution in [-0.4, -0.2) is 57.2 Å². The Bertz CT molecular complexity index is 1130.